The van der Waals surface area contributed by atoms with E-state index < -0.39 is 10.7 Å². The molecular formula is C21H19N3O5S. The van der Waals surface area contributed by atoms with Crippen molar-refractivity contribution in [2.45, 2.75) is 33.4 Å². The third-order valence-corrected chi connectivity index (χ3v) is 6.14. The Bertz CT molecular complexity index is 1310. The second-order valence-electron chi connectivity index (χ2n) is 7.05. The molecule has 0 saturated heterocycles. The van der Waals surface area contributed by atoms with Crippen molar-refractivity contribution in [1.82, 2.24) is 9.13 Å². The van der Waals surface area contributed by atoms with Gasteiger partial charge in [0, 0.05) is 40.5 Å². The minimum Gasteiger partial charge on any atom is -0.408 e. The molecule has 0 unspecified atom stereocenters. The highest BCUT2D eigenvalue weighted by Crippen LogP contribution is 2.22. The van der Waals surface area contributed by atoms with Crippen LogP contribution >= 0.6 is 11.3 Å². The lowest BCUT2D eigenvalue weighted by atomic mass is 10.1. The number of ketones is 1. The van der Waals surface area contributed by atoms with E-state index in [1.807, 2.05) is 31.4 Å². The molecular weight excluding hydrogens is 406 g/mol. The first-order chi connectivity index (χ1) is 14.3. The summed E-state index contributed by atoms with van der Waals surface area (Å²) in [5.41, 5.74) is 2.60. The Morgan fingerprint density at radius 3 is 2.70 bits per heavy atom. The van der Waals surface area contributed by atoms with Crippen LogP contribution in [-0.2, 0) is 19.5 Å². The number of Topliss-reactive ketones (excluding diaryl/α,β-unsaturated/α-hetero) is 1. The number of fused-ring (bicyclic) bond motifs is 1. The molecule has 3 heterocycles. The van der Waals surface area contributed by atoms with Crippen LogP contribution in [0.15, 0.2) is 51.0 Å². The SMILES string of the molecule is Cc1cc(C(=O)Cn2c(=O)oc3ccc([N+](=O)[O-])cc32)c(C)n1CCc1cccs1. The predicted molar refractivity (Wildman–Crippen MR) is 113 cm³/mol. The smallest absolute Gasteiger partial charge is 0.408 e. The van der Waals surface area contributed by atoms with Crippen molar-refractivity contribution < 1.29 is 14.1 Å². The maximum atomic E-state index is 13.0. The molecule has 0 atom stereocenters. The van der Waals surface area contributed by atoms with Gasteiger partial charge in [-0.25, -0.2) is 4.79 Å². The molecule has 9 heteroatoms. The van der Waals surface area contributed by atoms with Gasteiger partial charge < -0.3 is 8.98 Å². The number of nitro groups is 1. The summed E-state index contributed by atoms with van der Waals surface area (Å²) in [7, 11) is 0. The zero-order valence-electron chi connectivity index (χ0n) is 16.5. The second kappa shape index (κ2) is 7.75. The molecule has 1 aromatic carbocycles. The molecule has 0 amide bonds. The van der Waals surface area contributed by atoms with E-state index in [1.165, 1.54) is 23.1 Å². The fourth-order valence-corrected chi connectivity index (χ4v) is 4.35. The molecule has 3 aromatic heterocycles. The minimum atomic E-state index is -0.717. The normalized spacial score (nSPS) is 11.3. The number of oxazole rings is 1. The van der Waals surface area contributed by atoms with Crippen molar-refractivity contribution in [2.24, 2.45) is 0 Å². The number of carbonyl (C=O) groups excluding carboxylic acids is 1. The van der Waals surface area contributed by atoms with E-state index in [2.05, 4.69) is 10.6 Å². The molecule has 0 saturated carbocycles. The number of aromatic nitrogens is 2. The lowest BCUT2D eigenvalue weighted by Crippen LogP contribution is -2.20. The highest BCUT2D eigenvalue weighted by molar-refractivity contribution is 7.09. The van der Waals surface area contributed by atoms with Gasteiger partial charge in [-0.3, -0.25) is 19.5 Å². The fourth-order valence-electron chi connectivity index (χ4n) is 3.65. The number of benzene rings is 1. The number of aryl methyl sites for hydroxylation is 2. The van der Waals surface area contributed by atoms with E-state index in [4.69, 9.17) is 4.42 Å². The lowest BCUT2D eigenvalue weighted by Gasteiger charge is -2.09. The molecule has 4 rings (SSSR count). The van der Waals surface area contributed by atoms with Crippen LogP contribution in [0.3, 0.4) is 0 Å². The largest absolute Gasteiger partial charge is 0.420 e. The molecule has 0 bridgehead atoms. The Labute approximate surface area is 175 Å². The third kappa shape index (κ3) is 3.59. The highest BCUT2D eigenvalue weighted by Gasteiger charge is 2.20. The van der Waals surface area contributed by atoms with Crippen LogP contribution in [0, 0.1) is 24.0 Å². The maximum absolute atomic E-state index is 13.0. The Hall–Kier alpha value is -3.46. The van der Waals surface area contributed by atoms with Crippen LogP contribution in [0.2, 0.25) is 0 Å². The van der Waals surface area contributed by atoms with Crippen molar-refractivity contribution in [3.8, 4) is 0 Å². The molecule has 0 aliphatic heterocycles. The van der Waals surface area contributed by atoms with Crippen LogP contribution in [-0.4, -0.2) is 19.8 Å². The Morgan fingerprint density at radius 1 is 1.20 bits per heavy atom. The van der Waals surface area contributed by atoms with Gasteiger partial charge in [-0.1, -0.05) is 6.07 Å². The van der Waals surface area contributed by atoms with Gasteiger partial charge in [0.05, 0.1) is 17.0 Å². The quantitative estimate of drug-likeness (QED) is 0.252. The van der Waals surface area contributed by atoms with Gasteiger partial charge in [-0.2, -0.15) is 0 Å². The lowest BCUT2D eigenvalue weighted by molar-refractivity contribution is -0.384. The third-order valence-electron chi connectivity index (χ3n) is 5.20. The van der Waals surface area contributed by atoms with Crippen molar-refractivity contribution in [1.29, 1.82) is 0 Å². The number of hydrogen-bond acceptors (Lipinski definition) is 6. The molecule has 0 radical (unpaired) electrons. The van der Waals surface area contributed by atoms with Crippen LogP contribution in [0.25, 0.3) is 11.1 Å². The molecule has 8 nitrogen and oxygen atoms in total. The molecule has 0 N–H and O–H groups in total. The van der Waals surface area contributed by atoms with Gasteiger partial charge >= 0.3 is 5.76 Å². The summed E-state index contributed by atoms with van der Waals surface area (Å²) in [6.07, 6.45) is 0.872. The molecule has 30 heavy (non-hydrogen) atoms. The Balaban J connectivity index is 1.62. The summed E-state index contributed by atoms with van der Waals surface area (Å²) in [6, 6.07) is 9.80. The Morgan fingerprint density at radius 2 is 2.00 bits per heavy atom. The van der Waals surface area contributed by atoms with Crippen molar-refractivity contribution in [2.75, 3.05) is 0 Å². The first-order valence-corrected chi connectivity index (χ1v) is 10.2. The second-order valence-corrected chi connectivity index (χ2v) is 8.08. The molecule has 0 spiro atoms. The number of carbonyl (C=O) groups is 1. The first-order valence-electron chi connectivity index (χ1n) is 9.35. The van der Waals surface area contributed by atoms with Crippen LogP contribution in [0.5, 0.6) is 0 Å². The molecule has 4 aromatic rings. The number of nitro benzene ring substituents is 1. The number of non-ortho nitro benzene ring substituents is 1. The van der Waals surface area contributed by atoms with E-state index in [-0.39, 0.29) is 29.1 Å². The molecule has 154 valence electrons. The fraction of sp³-hybridized carbons (Fsp3) is 0.238. The highest BCUT2D eigenvalue weighted by atomic mass is 32.1. The summed E-state index contributed by atoms with van der Waals surface area (Å²) in [5, 5.41) is 13.1. The average molecular weight is 425 g/mol. The first kappa shape index (κ1) is 19.8. The number of thiophene rings is 1. The minimum absolute atomic E-state index is 0.170. The average Bonchev–Trinajstić information content (AvgIpc) is 3.40. The number of rotatable bonds is 7. The zero-order valence-corrected chi connectivity index (χ0v) is 17.3. The molecule has 0 fully saturated rings. The zero-order chi connectivity index (χ0) is 21.4. The van der Waals surface area contributed by atoms with Crippen LogP contribution in [0.1, 0.15) is 26.6 Å². The van der Waals surface area contributed by atoms with Gasteiger partial charge in [0.25, 0.3) is 5.69 Å². The standard InChI is InChI=1S/C21H19N3O5S/c1-13-10-17(14(2)22(13)8-7-16-4-3-9-30-16)19(25)12-23-18-11-15(24(27)28)5-6-20(18)29-21(23)26/h3-6,9-11H,7-8,12H2,1-2H3. The number of nitrogens with zero attached hydrogens (tertiary/aromatic N) is 3. The van der Waals surface area contributed by atoms with Crippen LogP contribution < -0.4 is 5.76 Å². The van der Waals surface area contributed by atoms with E-state index in [9.17, 15) is 19.7 Å². The molecule has 0 aliphatic carbocycles. The van der Waals surface area contributed by atoms with E-state index in [0.29, 0.717) is 5.56 Å². The summed E-state index contributed by atoms with van der Waals surface area (Å²) in [5.74, 6) is -0.966. The molecule has 0 aliphatic rings. The van der Waals surface area contributed by atoms with Crippen molar-refractivity contribution >= 4 is 33.9 Å². The predicted octanol–water partition coefficient (Wildman–Crippen LogP) is 4.11. The van der Waals surface area contributed by atoms with Gasteiger partial charge in [-0.05, 0) is 43.8 Å². The number of hydrogen-bond donors (Lipinski definition) is 0. The summed E-state index contributed by atoms with van der Waals surface area (Å²) < 4.78 is 8.37. The summed E-state index contributed by atoms with van der Waals surface area (Å²) in [6.45, 7) is 4.34. The topological polar surface area (TPSA) is 100 Å². The van der Waals surface area contributed by atoms with Gasteiger partial charge in [0.1, 0.15) is 0 Å². The maximum Gasteiger partial charge on any atom is 0.420 e. The van der Waals surface area contributed by atoms with Crippen LogP contribution in [0.4, 0.5) is 5.69 Å². The van der Waals surface area contributed by atoms with E-state index >= 15 is 0 Å². The van der Waals surface area contributed by atoms with Gasteiger partial charge in [0.15, 0.2) is 11.4 Å². The summed E-state index contributed by atoms with van der Waals surface area (Å²) >= 11 is 1.70. The van der Waals surface area contributed by atoms with Gasteiger partial charge in [-0.15, -0.1) is 11.3 Å². The van der Waals surface area contributed by atoms with E-state index in [1.54, 1.807) is 11.3 Å². The van der Waals surface area contributed by atoms with Gasteiger partial charge in [0.2, 0.25) is 0 Å². The Kier molecular flexibility index (Phi) is 5.13. The van der Waals surface area contributed by atoms with Crippen molar-refractivity contribution in [3.05, 3.63) is 84.3 Å². The van der Waals surface area contributed by atoms with E-state index in [0.717, 1.165) is 28.9 Å². The van der Waals surface area contributed by atoms with Crippen molar-refractivity contribution in [3.63, 3.8) is 0 Å². The summed E-state index contributed by atoms with van der Waals surface area (Å²) in [4.78, 5) is 37.0. The monoisotopic (exact) mass is 425 g/mol.